The Morgan fingerprint density at radius 2 is 2.24 bits per heavy atom. The van der Waals surface area contributed by atoms with Gasteiger partial charge in [-0.2, -0.15) is 5.26 Å². The average Bonchev–Trinajstić information content (AvgIpc) is 2.49. The average molecular weight is 291 g/mol. The molecule has 0 amide bonds. The lowest BCUT2D eigenvalue weighted by Crippen LogP contribution is -2.23. The lowest BCUT2D eigenvalue weighted by atomic mass is 10.1. The molecule has 21 heavy (non-hydrogen) atoms. The van der Waals surface area contributed by atoms with Crippen LogP contribution in [0.4, 0.5) is 5.69 Å². The molecule has 0 radical (unpaired) electrons. The van der Waals surface area contributed by atoms with E-state index in [-0.39, 0.29) is 6.10 Å². The minimum Gasteiger partial charge on any atom is -0.393 e. The van der Waals surface area contributed by atoms with Gasteiger partial charge in [0.2, 0.25) is 0 Å². The predicted octanol–water partition coefficient (Wildman–Crippen LogP) is 1.50. The number of hydrogen-bond acceptors (Lipinski definition) is 5. The highest BCUT2D eigenvalue weighted by molar-refractivity contribution is 5.60. The first kappa shape index (κ1) is 17.4. The van der Waals surface area contributed by atoms with Gasteiger partial charge in [0, 0.05) is 33.8 Å². The number of anilines is 1. The zero-order chi connectivity index (χ0) is 15.7. The number of methoxy groups -OCH3 is 1. The Bertz CT molecular complexity index is 469. The minimum absolute atomic E-state index is 0.331. The molecule has 0 saturated carbocycles. The number of nitriles is 1. The van der Waals surface area contributed by atoms with E-state index in [1.165, 1.54) is 0 Å². The number of aliphatic hydroxyl groups is 1. The number of hydrogen-bond donors (Lipinski definition) is 2. The Labute approximate surface area is 127 Å². The third kappa shape index (κ3) is 6.13. The van der Waals surface area contributed by atoms with Gasteiger partial charge in [-0.15, -0.1) is 0 Å². The molecule has 1 rings (SSSR count). The van der Waals surface area contributed by atoms with Crippen molar-refractivity contribution in [3.8, 4) is 6.07 Å². The molecule has 0 aliphatic carbocycles. The second-order valence-corrected chi connectivity index (χ2v) is 5.19. The van der Waals surface area contributed by atoms with Gasteiger partial charge >= 0.3 is 0 Å². The second kappa shape index (κ2) is 9.35. The molecule has 116 valence electrons. The summed E-state index contributed by atoms with van der Waals surface area (Å²) in [4.78, 5) is 2.01. The summed E-state index contributed by atoms with van der Waals surface area (Å²) in [6.45, 7) is 4.67. The maximum absolute atomic E-state index is 9.35. The third-order valence-electron chi connectivity index (χ3n) is 3.29. The van der Waals surface area contributed by atoms with Gasteiger partial charge < -0.3 is 20.1 Å². The molecular weight excluding hydrogens is 266 g/mol. The highest BCUT2D eigenvalue weighted by Crippen LogP contribution is 2.21. The van der Waals surface area contributed by atoms with Gasteiger partial charge in [0.05, 0.1) is 24.0 Å². The van der Waals surface area contributed by atoms with E-state index in [2.05, 4.69) is 11.4 Å². The fraction of sp³-hybridized carbons (Fsp3) is 0.562. The molecule has 0 heterocycles. The number of nitrogens with zero attached hydrogens (tertiary/aromatic N) is 2. The number of aliphatic hydroxyl groups excluding tert-OH is 1. The fourth-order valence-corrected chi connectivity index (χ4v) is 2.02. The van der Waals surface area contributed by atoms with Crippen LogP contribution in [0.1, 0.15) is 24.5 Å². The summed E-state index contributed by atoms with van der Waals surface area (Å²) >= 11 is 0. The second-order valence-electron chi connectivity index (χ2n) is 5.19. The highest BCUT2D eigenvalue weighted by atomic mass is 16.5. The number of nitrogens with one attached hydrogen (secondary N) is 1. The van der Waals surface area contributed by atoms with Crippen LogP contribution in [0.15, 0.2) is 18.2 Å². The molecule has 1 aromatic rings. The van der Waals surface area contributed by atoms with Crippen molar-refractivity contribution in [1.29, 1.82) is 5.26 Å². The lowest BCUT2D eigenvalue weighted by Gasteiger charge is -2.21. The van der Waals surface area contributed by atoms with Crippen LogP contribution in [0.5, 0.6) is 0 Å². The van der Waals surface area contributed by atoms with Crippen LogP contribution in [0, 0.1) is 11.3 Å². The Morgan fingerprint density at radius 3 is 2.86 bits per heavy atom. The fourth-order valence-electron chi connectivity index (χ4n) is 2.02. The van der Waals surface area contributed by atoms with Crippen molar-refractivity contribution in [2.75, 3.05) is 38.8 Å². The number of ether oxygens (including phenoxy) is 1. The molecule has 0 aliphatic rings. The topological polar surface area (TPSA) is 68.5 Å². The molecule has 0 aromatic heterocycles. The first-order valence-electron chi connectivity index (χ1n) is 7.20. The molecule has 0 saturated heterocycles. The molecule has 1 aromatic carbocycles. The van der Waals surface area contributed by atoms with Crippen LogP contribution < -0.4 is 10.2 Å². The predicted molar refractivity (Wildman–Crippen MR) is 84.3 cm³/mol. The molecule has 0 aliphatic heterocycles. The molecule has 1 unspecified atom stereocenters. The zero-order valence-corrected chi connectivity index (χ0v) is 13.1. The Morgan fingerprint density at radius 1 is 1.48 bits per heavy atom. The van der Waals surface area contributed by atoms with E-state index in [1.807, 2.05) is 30.1 Å². The van der Waals surface area contributed by atoms with E-state index >= 15 is 0 Å². The van der Waals surface area contributed by atoms with Crippen LogP contribution in [0.3, 0.4) is 0 Å². The smallest absolute Gasteiger partial charge is 0.101 e. The van der Waals surface area contributed by atoms with Crippen molar-refractivity contribution in [3.05, 3.63) is 29.3 Å². The van der Waals surface area contributed by atoms with E-state index in [9.17, 15) is 10.4 Å². The number of benzene rings is 1. The first-order chi connectivity index (χ1) is 10.1. The van der Waals surface area contributed by atoms with Crippen LogP contribution >= 0.6 is 0 Å². The molecule has 1 atom stereocenters. The quantitative estimate of drug-likeness (QED) is 0.675. The van der Waals surface area contributed by atoms with Crippen molar-refractivity contribution in [1.82, 2.24) is 5.32 Å². The monoisotopic (exact) mass is 291 g/mol. The van der Waals surface area contributed by atoms with Crippen LogP contribution in [0.2, 0.25) is 0 Å². The molecule has 5 heteroatoms. The van der Waals surface area contributed by atoms with E-state index in [0.29, 0.717) is 18.6 Å². The summed E-state index contributed by atoms with van der Waals surface area (Å²) < 4.78 is 4.98. The van der Waals surface area contributed by atoms with Crippen molar-refractivity contribution >= 4 is 5.69 Å². The van der Waals surface area contributed by atoms with Gasteiger partial charge in [-0.25, -0.2) is 0 Å². The highest BCUT2D eigenvalue weighted by Gasteiger charge is 2.09. The van der Waals surface area contributed by atoms with Crippen LogP contribution in [-0.4, -0.2) is 45.1 Å². The van der Waals surface area contributed by atoms with Crippen LogP contribution in [0.25, 0.3) is 0 Å². The summed E-state index contributed by atoms with van der Waals surface area (Å²) in [5, 5.41) is 21.9. The molecule has 2 N–H and O–H groups in total. The van der Waals surface area contributed by atoms with E-state index in [0.717, 1.165) is 30.9 Å². The molecule has 0 bridgehead atoms. The molecular formula is C16H25N3O2. The SMILES string of the molecule is COCCNCc1ccc(N(C)CCC(C)O)c(C#N)c1. The van der Waals surface area contributed by atoms with E-state index < -0.39 is 0 Å². The van der Waals surface area contributed by atoms with Crippen molar-refractivity contribution in [3.63, 3.8) is 0 Å². The summed E-state index contributed by atoms with van der Waals surface area (Å²) in [5.74, 6) is 0. The van der Waals surface area contributed by atoms with Gasteiger partial charge in [-0.3, -0.25) is 0 Å². The van der Waals surface area contributed by atoms with Gasteiger partial charge in [-0.05, 0) is 31.0 Å². The summed E-state index contributed by atoms with van der Waals surface area (Å²) in [6.07, 6.45) is 0.351. The van der Waals surface area contributed by atoms with E-state index in [1.54, 1.807) is 14.0 Å². The first-order valence-corrected chi connectivity index (χ1v) is 7.20. The Balaban J connectivity index is 2.68. The maximum atomic E-state index is 9.35. The Kier molecular flexibility index (Phi) is 7.76. The third-order valence-corrected chi connectivity index (χ3v) is 3.29. The molecule has 5 nitrogen and oxygen atoms in total. The van der Waals surface area contributed by atoms with Crippen LogP contribution in [-0.2, 0) is 11.3 Å². The lowest BCUT2D eigenvalue weighted by molar-refractivity contribution is 0.187. The summed E-state index contributed by atoms with van der Waals surface area (Å²) in [7, 11) is 3.61. The normalized spacial score (nSPS) is 12.0. The molecule has 0 fully saturated rings. The minimum atomic E-state index is -0.331. The van der Waals surface area contributed by atoms with Gasteiger partial charge in [0.15, 0.2) is 0 Å². The van der Waals surface area contributed by atoms with Crippen molar-refractivity contribution in [2.45, 2.75) is 26.0 Å². The maximum Gasteiger partial charge on any atom is 0.101 e. The summed E-state index contributed by atoms with van der Waals surface area (Å²) in [6, 6.07) is 8.15. The van der Waals surface area contributed by atoms with Gasteiger partial charge in [-0.1, -0.05) is 6.07 Å². The van der Waals surface area contributed by atoms with Gasteiger partial charge in [0.25, 0.3) is 0 Å². The van der Waals surface area contributed by atoms with Crippen molar-refractivity contribution < 1.29 is 9.84 Å². The Hall–Kier alpha value is -1.61. The summed E-state index contributed by atoms with van der Waals surface area (Å²) in [5.41, 5.74) is 2.64. The van der Waals surface area contributed by atoms with E-state index in [4.69, 9.17) is 4.74 Å². The van der Waals surface area contributed by atoms with Crippen molar-refractivity contribution in [2.24, 2.45) is 0 Å². The zero-order valence-electron chi connectivity index (χ0n) is 13.1. The largest absolute Gasteiger partial charge is 0.393 e. The standard InChI is InChI=1S/C16H25N3O2/c1-13(20)6-8-19(2)16-5-4-14(10-15(16)11-17)12-18-7-9-21-3/h4-5,10,13,18,20H,6-9,12H2,1-3H3. The number of rotatable bonds is 9. The van der Waals surface area contributed by atoms with Gasteiger partial charge in [0.1, 0.15) is 6.07 Å². The molecule has 0 spiro atoms.